The Hall–Kier alpha value is -1.23. The van der Waals surface area contributed by atoms with Crippen LogP contribution in [0.4, 0.5) is 5.69 Å². The fourth-order valence-electron chi connectivity index (χ4n) is 1.98. The minimum atomic E-state index is 0.00472. The quantitative estimate of drug-likeness (QED) is 0.919. The van der Waals surface area contributed by atoms with E-state index in [1.165, 1.54) is 0 Å². The van der Waals surface area contributed by atoms with Crippen molar-refractivity contribution in [3.8, 4) is 11.5 Å². The molecule has 0 aliphatic carbocycles. The molecule has 104 valence electrons. The molecule has 0 saturated carbocycles. The molecule has 0 radical (unpaired) electrons. The first-order chi connectivity index (χ1) is 9.11. The van der Waals surface area contributed by atoms with Crippen molar-refractivity contribution in [1.29, 1.82) is 0 Å². The number of carbonyl (C=O) groups excluding carboxylic acids is 1. The Bertz CT molecular complexity index is 476. The number of hydrogen-bond donors (Lipinski definition) is 1. The average Bonchev–Trinajstić information content (AvgIpc) is 2.39. The van der Waals surface area contributed by atoms with Crippen LogP contribution in [0.5, 0.6) is 11.5 Å². The highest BCUT2D eigenvalue weighted by atomic mass is 79.9. The van der Waals surface area contributed by atoms with Crippen LogP contribution in [0.3, 0.4) is 0 Å². The van der Waals surface area contributed by atoms with Crippen molar-refractivity contribution >= 4 is 27.5 Å². The van der Waals surface area contributed by atoms with Gasteiger partial charge in [0.15, 0.2) is 11.5 Å². The third-order valence-corrected chi connectivity index (χ3v) is 3.72. The molecular formula is C14H18BrNO3. The van der Waals surface area contributed by atoms with E-state index in [1.54, 1.807) is 6.07 Å². The summed E-state index contributed by atoms with van der Waals surface area (Å²) < 4.78 is 11.8. The van der Waals surface area contributed by atoms with E-state index in [9.17, 15) is 4.79 Å². The van der Waals surface area contributed by atoms with Gasteiger partial charge in [-0.15, -0.1) is 0 Å². The van der Waals surface area contributed by atoms with E-state index < -0.39 is 0 Å². The molecule has 5 heteroatoms. The second-order valence-electron chi connectivity index (χ2n) is 4.65. The van der Waals surface area contributed by atoms with Crippen LogP contribution >= 0.6 is 15.9 Å². The summed E-state index contributed by atoms with van der Waals surface area (Å²) in [5, 5.41) is 2.92. The zero-order chi connectivity index (χ0) is 13.8. The number of hydrogen-bond acceptors (Lipinski definition) is 3. The topological polar surface area (TPSA) is 47.6 Å². The maximum Gasteiger partial charge on any atom is 0.227 e. The van der Waals surface area contributed by atoms with E-state index >= 15 is 0 Å². The second-order valence-corrected chi connectivity index (χ2v) is 5.51. The van der Waals surface area contributed by atoms with E-state index in [2.05, 4.69) is 28.2 Å². The summed E-state index contributed by atoms with van der Waals surface area (Å²) in [5.74, 6) is 1.41. The molecule has 1 N–H and O–H groups in total. The van der Waals surface area contributed by atoms with Crippen molar-refractivity contribution in [2.24, 2.45) is 5.92 Å². The van der Waals surface area contributed by atoms with Gasteiger partial charge in [-0.2, -0.15) is 0 Å². The van der Waals surface area contributed by atoms with Crippen LogP contribution in [0, 0.1) is 5.92 Å². The predicted molar refractivity (Wildman–Crippen MR) is 77.8 cm³/mol. The van der Waals surface area contributed by atoms with Gasteiger partial charge in [0, 0.05) is 22.5 Å². The number of nitrogens with one attached hydrogen (secondary N) is 1. The lowest BCUT2D eigenvalue weighted by atomic mass is 10.1. The van der Waals surface area contributed by atoms with Crippen LogP contribution in [-0.4, -0.2) is 19.1 Å². The SMILES string of the molecule is CCCC(C)C(=O)Nc1cc2c(cc1Br)OCCO2. The standard InChI is InChI=1S/C14H18BrNO3/c1-3-4-9(2)14(17)16-11-8-13-12(7-10(11)15)18-5-6-19-13/h7-9H,3-6H2,1-2H3,(H,16,17). The van der Waals surface area contributed by atoms with E-state index in [1.807, 2.05) is 13.0 Å². The number of amides is 1. The molecule has 1 aromatic rings. The van der Waals surface area contributed by atoms with Gasteiger partial charge in [-0.3, -0.25) is 4.79 Å². The first kappa shape index (κ1) is 14.2. The highest BCUT2D eigenvalue weighted by Gasteiger charge is 2.18. The molecule has 0 bridgehead atoms. The number of halogens is 1. The summed E-state index contributed by atoms with van der Waals surface area (Å²) in [5.41, 5.74) is 0.720. The molecule has 1 heterocycles. The van der Waals surface area contributed by atoms with E-state index in [0.717, 1.165) is 23.0 Å². The molecule has 19 heavy (non-hydrogen) atoms. The summed E-state index contributed by atoms with van der Waals surface area (Å²) in [4.78, 5) is 12.0. The number of anilines is 1. The first-order valence-corrected chi connectivity index (χ1v) is 7.31. The van der Waals surface area contributed by atoms with Gasteiger partial charge in [-0.1, -0.05) is 20.3 Å². The summed E-state index contributed by atoms with van der Waals surface area (Å²) in [6, 6.07) is 3.63. The van der Waals surface area contributed by atoms with Crippen LogP contribution in [0.1, 0.15) is 26.7 Å². The largest absolute Gasteiger partial charge is 0.486 e. The minimum Gasteiger partial charge on any atom is -0.486 e. The molecular weight excluding hydrogens is 310 g/mol. The molecule has 1 amide bonds. The van der Waals surface area contributed by atoms with Crippen LogP contribution in [0.2, 0.25) is 0 Å². The predicted octanol–water partition coefficient (Wildman–Crippen LogP) is 3.60. The zero-order valence-electron chi connectivity index (χ0n) is 11.2. The molecule has 0 fully saturated rings. The van der Waals surface area contributed by atoms with Crippen LogP contribution in [-0.2, 0) is 4.79 Å². The fraction of sp³-hybridized carbons (Fsp3) is 0.500. The number of rotatable bonds is 4. The molecule has 0 spiro atoms. The molecule has 1 atom stereocenters. The van der Waals surface area contributed by atoms with Crippen molar-refractivity contribution in [1.82, 2.24) is 0 Å². The lowest BCUT2D eigenvalue weighted by molar-refractivity contribution is -0.119. The summed E-state index contributed by atoms with van der Waals surface area (Å²) in [6.45, 7) is 5.10. The molecule has 0 saturated heterocycles. The Morgan fingerprint density at radius 3 is 2.63 bits per heavy atom. The van der Waals surface area contributed by atoms with Crippen LogP contribution < -0.4 is 14.8 Å². The minimum absolute atomic E-state index is 0.00472. The van der Waals surface area contributed by atoms with Gasteiger partial charge in [0.25, 0.3) is 0 Å². The summed E-state index contributed by atoms with van der Waals surface area (Å²) in [6.07, 6.45) is 1.88. The molecule has 1 aliphatic rings. The molecule has 0 aromatic heterocycles. The van der Waals surface area contributed by atoms with Gasteiger partial charge in [0.1, 0.15) is 13.2 Å². The number of carbonyl (C=O) groups is 1. The van der Waals surface area contributed by atoms with E-state index in [0.29, 0.717) is 24.7 Å². The van der Waals surface area contributed by atoms with Gasteiger partial charge in [0.05, 0.1) is 5.69 Å². The van der Waals surface area contributed by atoms with Gasteiger partial charge < -0.3 is 14.8 Å². The molecule has 2 rings (SSSR count). The lowest BCUT2D eigenvalue weighted by Crippen LogP contribution is -2.21. The third kappa shape index (κ3) is 3.41. The van der Waals surface area contributed by atoms with E-state index in [4.69, 9.17) is 9.47 Å². The highest BCUT2D eigenvalue weighted by Crippen LogP contribution is 2.38. The van der Waals surface area contributed by atoms with Crippen molar-refractivity contribution in [3.63, 3.8) is 0 Å². The fourth-order valence-corrected chi connectivity index (χ4v) is 2.40. The summed E-state index contributed by atoms with van der Waals surface area (Å²) >= 11 is 3.44. The number of fused-ring (bicyclic) bond motifs is 1. The highest BCUT2D eigenvalue weighted by molar-refractivity contribution is 9.10. The normalized spacial score (nSPS) is 14.9. The average molecular weight is 328 g/mol. The molecule has 4 nitrogen and oxygen atoms in total. The Labute approximate surface area is 121 Å². The van der Waals surface area contributed by atoms with Crippen molar-refractivity contribution in [2.75, 3.05) is 18.5 Å². The van der Waals surface area contributed by atoms with Gasteiger partial charge in [-0.25, -0.2) is 0 Å². The Morgan fingerprint density at radius 2 is 2.00 bits per heavy atom. The van der Waals surface area contributed by atoms with E-state index in [-0.39, 0.29) is 11.8 Å². The van der Waals surface area contributed by atoms with Crippen LogP contribution in [0.15, 0.2) is 16.6 Å². The van der Waals surface area contributed by atoms with Gasteiger partial charge >= 0.3 is 0 Å². The number of ether oxygens (including phenoxy) is 2. The Morgan fingerprint density at radius 1 is 1.37 bits per heavy atom. The smallest absolute Gasteiger partial charge is 0.227 e. The third-order valence-electron chi connectivity index (χ3n) is 3.06. The Balaban J connectivity index is 2.14. The van der Waals surface area contributed by atoms with Crippen molar-refractivity contribution in [2.45, 2.75) is 26.7 Å². The molecule has 1 unspecified atom stereocenters. The maximum absolute atomic E-state index is 12.0. The Kier molecular flexibility index (Phi) is 4.69. The number of benzene rings is 1. The first-order valence-electron chi connectivity index (χ1n) is 6.51. The second kappa shape index (κ2) is 6.28. The van der Waals surface area contributed by atoms with Crippen LogP contribution in [0.25, 0.3) is 0 Å². The van der Waals surface area contributed by atoms with Crippen molar-refractivity contribution in [3.05, 3.63) is 16.6 Å². The monoisotopic (exact) mass is 327 g/mol. The summed E-state index contributed by atoms with van der Waals surface area (Å²) in [7, 11) is 0. The lowest BCUT2D eigenvalue weighted by Gasteiger charge is -2.20. The zero-order valence-corrected chi connectivity index (χ0v) is 12.7. The molecule has 1 aromatic carbocycles. The van der Waals surface area contributed by atoms with Gasteiger partial charge in [-0.05, 0) is 22.4 Å². The van der Waals surface area contributed by atoms with Gasteiger partial charge in [0.2, 0.25) is 5.91 Å². The molecule has 1 aliphatic heterocycles. The van der Waals surface area contributed by atoms with Crippen molar-refractivity contribution < 1.29 is 14.3 Å². The maximum atomic E-state index is 12.0.